The predicted octanol–water partition coefficient (Wildman–Crippen LogP) is 11.6. The molecular formula is C35H71NO. The Morgan fingerprint density at radius 3 is 1.30 bits per heavy atom. The van der Waals surface area contributed by atoms with Crippen molar-refractivity contribution in [2.24, 2.45) is 11.3 Å². The lowest BCUT2D eigenvalue weighted by Gasteiger charge is -2.38. The Kier molecular flexibility index (Phi) is 24.4. The quantitative estimate of drug-likeness (QED) is 0.104. The van der Waals surface area contributed by atoms with Crippen molar-refractivity contribution in [3.05, 3.63) is 0 Å². The van der Waals surface area contributed by atoms with Crippen molar-refractivity contribution in [2.75, 3.05) is 0 Å². The molecular weight excluding hydrogens is 450 g/mol. The lowest BCUT2D eigenvalue weighted by molar-refractivity contribution is -0.128. The van der Waals surface area contributed by atoms with E-state index in [0.717, 1.165) is 19.3 Å². The molecule has 222 valence electrons. The summed E-state index contributed by atoms with van der Waals surface area (Å²) in [7, 11) is 0. The summed E-state index contributed by atoms with van der Waals surface area (Å²) in [6, 6.07) is 0.486. The second kappa shape index (κ2) is 24.7. The van der Waals surface area contributed by atoms with Gasteiger partial charge in [-0.1, -0.05) is 164 Å². The Bertz CT molecular complexity index is 485. The van der Waals surface area contributed by atoms with Crippen molar-refractivity contribution in [1.82, 2.24) is 5.32 Å². The molecule has 0 fully saturated rings. The third kappa shape index (κ3) is 18.5. The van der Waals surface area contributed by atoms with Gasteiger partial charge in [0, 0.05) is 12.0 Å². The Balaban J connectivity index is 5.46. The molecule has 2 heteroatoms. The minimum atomic E-state index is -0.00366. The summed E-state index contributed by atoms with van der Waals surface area (Å²) in [6.45, 7) is 16.1. The molecule has 0 aliphatic rings. The number of carbonyl (C=O) groups is 1. The third-order valence-electron chi connectivity index (χ3n) is 8.91. The van der Waals surface area contributed by atoms with Crippen LogP contribution in [0.3, 0.4) is 0 Å². The highest BCUT2D eigenvalue weighted by Gasteiger charge is 2.37. The van der Waals surface area contributed by atoms with Crippen LogP contribution in [0.25, 0.3) is 0 Å². The fraction of sp³-hybridized carbons (Fsp3) is 0.971. The third-order valence-corrected chi connectivity index (χ3v) is 8.91. The Hall–Kier alpha value is -0.370. The standard InChI is InChI=1S/C35H71NO/c1-8-13-17-20-24-28-31(27-23-16-11-4)33(37)34(35(6,7)12-5)36-32(29-25-21-18-14-9-2)30-26-22-19-15-10-3/h31-32,34,36H,8-30H2,1-7H3. The van der Waals surface area contributed by atoms with E-state index in [-0.39, 0.29) is 17.4 Å². The first-order chi connectivity index (χ1) is 17.9. The van der Waals surface area contributed by atoms with Gasteiger partial charge in [-0.05, 0) is 37.5 Å². The summed E-state index contributed by atoms with van der Waals surface area (Å²) in [4.78, 5) is 14.3. The molecule has 0 aromatic heterocycles. The van der Waals surface area contributed by atoms with Crippen LogP contribution in [0.5, 0.6) is 0 Å². The zero-order valence-electron chi connectivity index (χ0n) is 26.9. The molecule has 0 amide bonds. The highest BCUT2D eigenvalue weighted by atomic mass is 16.1. The van der Waals surface area contributed by atoms with Gasteiger partial charge in [-0.25, -0.2) is 0 Å². The summed E-state index contributed by atoms with van der Waals surface area (Å²) in [5.74, 6) is 0.784. The summed E-state index contributed by atoms with van der Waals surface area (Å²) in [6.07, 6.45) is 29.2. The molecule has 0 bridgehead atoms. The minimum absolute atomic E-state index is 0.00366. The lowest BCUT2D eigenvalue weighted by atomic mass is 9.74. The fourth-order valence-electron chi connectivity index (χ4n) is 5.73. The first-order valence-electron chi connectivity index (χ1n) is 17.2. The monoisotopic (exact) mass is 522 g/mol. The van der Waals surface area contributed by atoms with Crippen LogP contribution in [0.2, 0.25) is 0 Å². The maximum Gasteiger partial charge on any atom is 0.153 e. The number of carbonyl (C=O) groups excluding carboxylic acids is 1. The molecule has 0 aromatic rings. The molecule has 2 unspecified atom stereocenters. The predicted molar refractivity (Wildman–Crippen MR) is 168 cm³/mol. The molecule has 2 nitrogen and oxygen atoms in total. The number of ketones is 1. The van der Waals surface area contributed by atoms with Gasteiger partial charge in [0.2, 0.25) is 0 Å². The van der Waals surface area contributed by atoms with E-state index >= 15 is 0 Å². The van der Waals surface area contributed by atoms with Gasteiger partial charge >= 0.3 is 0 Å². The van der Waals surface area contributed by atoms with Gasteiger partial charge in [-0.15, -0.1) is 0 Å². The maximum absolute atomic E-state index is 14.3. The molecule has 0 aromatic carbocycles. The van der Waals surface area contributed by atoms with Gasteiger partial charge < -0.3 is 5.32 Å². The van der Waals surface area contributed by atoms with Crippen molar-refractivity contribution in [3.8, 4) is 0 Å². The molecule has 1 N–H and O–H groups in total. The number of hydrogen-bond acceptors (Lipinski definition) is 2. The van der Waals surface area contributed by atoms with Crippen molar-refractivity contribution in [3.63, 3.8) is 0 Å². The van der Waals surface area contributed by atoms with Gasteiger partial charge in [0.1, 0.15) is 0 Å². The smallest absolute Gasteiger partial charge is 0.153 e. The van der Waals surface area contributed by atoms with Crippen LogP contribution in [0.4, 0.5) is 0 Å². The van der Waals surface area contributed by atoms with E-state index in [9.17, 15) is 4.79 Å². The first-order valence-corrected chi connectivity index (χ1v) is 17.2. The molecule has 0 saturated carbocycles. The Morgan fingerprint density at radius 1 is 0.541 bits per heavy atom. The number of nitrogens with one attached hydrogen (secondary N) is 1. The van der Waals surface area contributed by atoms with E-state index in [1.165, 1.54) is 128 Å². The van der Waals surface area contributed by atoms with Crippen LogP contribution in [0.15, 0.2) is 0 Å². The summed E-state index contributed by atoms with van der Waals surface area (Å²) >= 11 is 0. The van der Waals surface area contributed by atoms with Crippen molar-refractivity contribution in [2.45, 2.75) is 208 Å². The molecule has 0 spiro atoms. The second-order valence-electron chi connectivity index (χ2n) is 12.8. The first kappa shape index (κ1) is 36.6. The molecule has 0 saturated heterocycles. The van der Waals surface area contributed by atoms with Crippen LogP contribution < -0.4 is 5.32 Å². The van der Waals surface area contributed by atoms with Gasteiger partial charge in [0.05, 0.1) is 6.04 Å². The fourth-order valence-corrected chi connectivity index (χ4v) is 5.73. The lowest BCUT2D eigenvalue weighted by Crippen LogP contribution is -2.53. The average molecular weight is 522 g/mol. The van der Waals surface area contributed by atoms with E-state index in [0.29, 0.717) is 11.8 Å². The Morgan fingerprint density at radius 2 is 0.892 bits per heavy atom. The molecule has 37 heavy (non-hydrogen) atoms. The molecule has 2 atom stereocenters. The number of rotatable bonds is 28. The van der Waals surface area contributed by atoms with E-state index in [1.54, 1.807) is 0 Å². The number of unbranched alkanes of at least 4 members (excludes halogenated alkanes) is 14. The van der Waals surface area contributed by atoms with Gasteiger partial charge in [0.15, 0.2) is 5.78 Å². The maximum atomic E-state index is 14.3. The molecule has 0 heterocycles. The van der Waals surface area contributed by atoms with Gasteiger partial charge in [-0.3, -0.25) is 4.79 Å². The zero-order chi connectivity index (χ0) is 27.8. The van der Waals surface area contributed by atoms with E-state index in [4.69, 9.17) is 0 Å². The molecule has 0 rings (SSSR count). The van der Waals surface area contributed by atoms with Crippen molar-refractivity contribution >= 4 is 5.78 Å². The highest BCUT2D eigenvalue weighted by molar-refractivity contribution is 5.87. The van der Waals surface area contributed by atoms with Crippen LogP contribution in [0, 0.1) is 11.3 Å². The van der Waals surface area contributed by atoms with Gasteiger partial charge in [0.25, 0.3) is 0 Å². The Labute approximate surface area is 235 Å². The summed E-state index contributed by atoms with van der Waals surface area (Å²) < 4.78 is 0. The van der Waals surface area contributed by atoms with Crippen molar-refractivity contribution in [1.29, 1.82) is 0 Å². The topological polar surface area (TPSA) is 29.1 Å². The molecule has 0 radical (unpaired) electrons. The van der Waals surface area contributed by atoms with Crippen LogP contribution in [0.1, 0.15) is 196 Å². The SMILES string of the molecule is CCCCCCCC(CCCCCCC)NC(C(=O)C(CCCCC)CCCCCCC)C(C)(C)CC. The number of hydrogen-bond donors (Lipinski definition) is 1. The van der Waals surface area contributed by atoms with E-state index in [1.807, 2.05) is 0 Å². The van der Waals surface area contributed by atoms with Crippen LogP contribution >= 0.6 is 0 Å². The summed E-state index contributed by atoms with van der Waals surface area (Å²) in [5.41, 5.74) is 0.00493. The largest absolute Gasteiger partial charge is 0.304 e. The van der Waals surface area contributed by atoms with E-state index in [2.05, 4.69) is 53.8 Å². The van der Waals surface area contributed by atoms with Crippen LogP contribution in [-0.4, -0.2) is 17.9 Å². The van der Waals surface area contributed by atoms with Crippen molar-refractivity contribution < 1.29 is 4.79 Å². The summed E-state index contributed by atoms with van der Waals surface area (Å²) in [5, 5.41) is 4.06. The number of Topliss-reactive ketones (excluding diaryl/α,β-unsaturated/α-hetero) is 1. The average Bonchev–Trinajstić information content (AvgIpc) is 2.89. The molecule has 0 aliphatic heterocycles. The molecule has 0 aliphatic carbocycles. The zero-order valence-corrected chi connectivity index (χ0v) is 26.9. The van der Waals surface area contributed by atoms with Crippen LogP contribution in [-0.2, 0) is 4.79 Å². The normalized spacial score (nSPS) is 13.8. The van der Waals surface area contributed by atoms with E-state index < -0.39 is 0 Å². The second-order valence-corrected chi connectivity index (χ2v) is 12.8. The minimum Gasteiger partial charge on any atom is -0.304 e. The highest BCUT2D eigenvalue weighted by Crippen LogP contribution is 2.32. The van der Waals surface area contributed by atoms with Gasteiger partial charge in [-0.2, -0.15) is 0 Å².